The second-order valence-electron chi connectivity index (χ2n) is 3.88. The van der Waals surface area contributed by atoms with Crippen molar-refractivity contribution in [2.75, 3.05) is 14.2 Å². The third-order valence-electron chi connectivity index (χ3n) is 2.74. The first-order valence-electron chi connectivity index (χ1n) is 5.86. The van der Waals surface area contributed by atoms with Crippen LogP contribution in [0.15, 0.2) is 12.4 Å². The van der Waals surface area contributed by atoms with Crippen molar-refractivity contribution in [3.8, 4) is 5.75 Å². The molecule has 2 aromatic heterocycles. The van der Waals surface area contributed by atoms with Gasteiger partial charge in [-0.15, -0.1) is 0 Å². The van der Waals surface area contributed by atoms with Gasteiger partial charge < -0.3 is 10.1 Å². The zero-order valence-corrected chi connectivity index (χ0v) is 11.6. The van der Waals surface area contributed by atoms with E-state index in [0.717, 1.165) is 30.1 Å². The molecule has 0 saturated carbocycles. The minimum absolute atomic E-state index is 0.0484. The number of aryl methyl sites for hydroxylation is 1. The van der Waals surface area contributed by atoms with Gasteiger partial charge in [0.1, 0.15) is 5.69 Å². The van der Waals surface area contributed by atoms with Gasteiger partial charge in [-0.05, 0) is 13.5 Å². The fourth-order valence-corrected chi connectivity index (χ4v) is 2.39. The molecule has 1 unspecified atom stereocenters. The maximum Gasteiger partial charge on any atom is 0.161 e. The van der Waals surface area contributed by atoms with Gasteiger partial charge in [0.15, 0.2) is 5.75 Å². The topological polar surface area (TPSA) is 64.9 Å². The first kappa shape index (κ1) is 13.0. The lowest BCUT2D eigenvalue weighted by molar-refractivity contribution is 0.399. The molecule has 2 heterocycles. The van der Waals surface area contributed by atoms with Crippen LogP contribution in [0.1, 0.15) is 30.8 Å². The van der Waals surface area contributed by atoms with Gasteiger partial charge >= 0.3 is 0 Å². The van der Waals surface area contributed by atoms with Gasteiger partial charge in [-0.1, -0.05) is 6.92 Å². The van der Waals surface area contributed by atoms with Crippen molar-refractivity contribution >= 4 is 11.7 Å². The fourth-order valence-electron chi connectivity index (χ4n) is 1.94. The average Bonchev–Trinajstić information content (AvgIpc) is 3.02. The molecule has 98 valence electrons. The van der Waals surface area contributed by atoms with Crippen LogP contribution >= 0.6 is 11.7 Å². The van der Waals surface area contributed by atoms with Gasteiger partial charge in [0.25, 0.3) is 0 Å². The number of rotatable bonds is 6. The molecule has 0 saturated heterocycles. The van der Waals surface area contributed by atoms with Crippen LogP contribution in [0.25, 0.3) is 0 Å². The Hall–Kier alpha value is -1.47. The lowest BCUT2D eigenvalue weighted by Crippen LogP contribution is -2.22. The largest absolute Gasteiger partial charge is 0.493 e. The third kappa shape index (κ3) is 2.37. The summed E-state index contributed by atoms with van der Waals surface area (Å²) in [6, 6.07) is -0.0484. The van der Waals surface area contributed by atoms with Crippen LogP contribution in [0.3, 0.4) is 0 Å². The molecule has 18 heavy (non-hydrogen) atoms. The summed E-state index contributed by atoms with van der Waals surface area (Å²) in [6.45, 7) is 2.98. The molecule has 0 aliphatic carbocycles. The molecule has 0 fully saturated rings. The summed E-state index contributed by atoms with van der Waals surface area (Å²) in [7, 11) is 3.55. The van der Waals surface area contributed by atoms with Crippen molar-refractivity contribution in [3.63, 3.8) is 0 Å². The lowest BCUT2D eigenvalue weighted by atomic mass is 10.1. The molecule has 0 aliphatic rings. The average molecular weight is 267 g/mol. The van der Waals surface area contributed by atoms with Crippen LogP contribution in [-0.4, -0.2) is 32.7 Å². The molecule has 1 N–H and O–H groups in total. The highest BCUT2D eigenvalue weighted by atomic mass is 32.1. The van der Waals surface area contributed by atoms with E-state index in [-0.39, 0.29) is 6.04 Å². The van der Waals surface area contributed by atoms with E-state index in [9.17, 15) is 0 Å². The number of ether oxygens (including phenoxy) is 1. The lowest BCUT2D eigenvalue weighted by Gasteiger charge is -2.17. The Morgan fingerprint density at radius 2 is 2.33 bits per heavy atom. The highest BCUT2D eigenvalue weighted by Crippen LogP contribution is 2.29. The summed E-state index contributed by atoms with van der Waals surface area (Å²) >= 11 is 1.20. The fraction of sp³-hybridized carbons (Fsp3) is 0.545. The van der Waals surface area contributed by atoms with Crippen LogP contribution in [0, 0.1) is 0 Å². The summed E-state index contributed by atoms with van der Waals surface area (Å²) in [5.41, 5.74) is 1.88. The molecule has 0 radical (unpaired) electrons. The molecular weight excluding hydrogens is 250 g/mol. The van der Waals surface area contributed by atoms with Gasteiger partial charge in [0.2, 0.25) is 0 Å². The second kappa shape index (κ2) is 5.92. The number of nitrogens with zero attached hydrogens (tertiary/aromatic N) is 4. The number of hydrogen-bond acceptors (Lipinski definition) is 6. The summed E-state index contributed by atoms with van der Waals surface area (Å²) in [5.74, 6) is 0.774. The number of methoxy groups -OCH3 is 1. The zero-order valence-electron chi connectivity index (χ0n) is 10.8. The number of nitrogens with one attached hydrogen (secondary N) is 1. The molecule has 0 aromatic carbocycles. The third-order valence-corrected chi connectivity index (χ3v) is 3.23. The number of hydrogen-bond donors (Lipinski definition) is 1. The summed E-state index contributed by atoms with van der Waals surface area (Å²) < 4.78 is 15.7. The van der Waals surface area contributed by atoms with Gasteiger partial charge in [-0.2, -0.15) is 13.8 Å². The first-order valence-corrected chi connectivity index (χ1v) is 6.59. The molecule has 2 rings (SSSR count). The normalized spacial score (nSPS) is 12.6. The zero-order chi connectivity index (χ0) is 13.0. The van der Waals surface area contributed by atoms with Gasteiger partial charge in [0, 0.05) is 6.54 Å². The van der Waals surface area contributed by atoms with E-state index < -0.39 is 0 Å². The maximum atomic E-state index is 5.39. The summed E-state index contributed by atoms with van der Waals surface area (Å²) in [4.78, 5) is 0. The highest BCUT2D eigenvalue weighted by molar-refractivity contribution is 6.99. The molecule has 6 nitrogen and oxygen atoms in total. The van der Waals surface area contributed by atoms with E-state index in [1.807, 2.05) is 11.7 Å². The Balaban J connectivity index is 2.42. The van der Waals surface area contributed by atoms with Crippen LogP contribution in [0.2, 0.25) is 0 Å². The van der Waals surface area contributed by atoms with Crippen LogP contribution < -0.4 is 10.1 Å². The Labute approximate surface area is 110 Å². The predicted molar refractivity (Wildman–Crippen MR) is 69.9 cm³/mol. The molecule has 1 atom stereocenters. The minimum Gasteiger partial charge on any atom is -0.493 e. The molecule has 0 aliphatic heterocycles. The summed E-state index contributed by atoms with van der Waals surface area (Å²) in [5, 5.41) is 7.61. The van der Waals surface area contributed by atoms with E-state index in [4.69, 9.17) is 4.74 Å². The Morgan fingerprint density at radius 1 is 1.50 bits per heavy atom. The molecule has 0 spiro atoms. The molecule has 0 bridgehead atoms. The Morgan fingerprint density at radius 3 is 2.89 bits per heavy atom. The van der Waals surface area contributed by atoms with Crippen molar-refractivity contribution < 1.29 is 4.74 Å². The standard InChI is InChI=1S/C11H17N5OS/c1-4-5-16-11(9(17-3)7-13-16)10(12-2)8-6-14-18-15-8/h6-7,10,12H,4-5H2,1-3H3. The van der Waals surface area contributed by atoms with Crippen molar-refractivity contribution in [1.29, 1.82) is 0 Å². The van der Waals surface area contributed by atoms with E-state index in [0.29, 0.717) is 0 Å². The van der Waals surface area contributed by atoms with Crippen molar-refractivity contribution in [1.82, 2.24) is 23.8 Å². The van der Waals surface area contributed by atoms with E-state index in [1.165, 1.54) is 11.7 Å². The SMILES string of the molecule is CCCn1ncc(OC)c1C(NC)c1cnsn1. The molecular formula is C11H17N5OS. The van der Waals surface area contributed by atoms with E-state index in [1.54, 1.807) is 19.5 Å². The highest BCUT2D eigenvalue weighted by Gasteiger charge is 2.23. The predicted octanol–water partition coefficient (Wildman–Crippen LogP) is 1.46. The molecule has 2 aromatic rings. The first-order chi connectivity index (χ1) is 8.81. The monoisotopic (exact) mass is 267 g/mol. The van der Waals surface area contributed by atoms with Gasteiger partial charge in [0.05, 0.1) is 43.0 Å². The summed E-state index contributed by atoms with van der Waals surface area (Å²) in [6.07, 6.45) is 4.53. The minimum atomic E-state index is -0.0484. The quantitative estimate of drug-likeness (QED) is 0.858. The van der Waals surface area contributed by atoms with Crippen molar-refractivity contribution in [3.05, 3.63) is 23.8 Å². The smallest absolute Gasteiger partial charge is 0.161 e. The Kier molecular flexibility index (Phi) is 4.27. The van der Waals surface area contributed by atoms with Gasteiger partial charge in [-0.25, -0.2) is 0 Å². The number of aromatic nitrogens is 4. The van der Waals surface area contributed by atoms with E-state index in [2.05, 4.69) is 26.1 Å². The molecule has 7 heteroatoms. The Bertz CT molecular complexity index is 482. The maximum absolute atomic E-state index is 5.39. The van der Waals surface area contributed by atoms with Crippen molar-refractivity contribution in [2.45, 2.75) is 25.9 Å². The van der Waals surface area contributed by atoms with Gasteiger partial charge in [-0.3, -0.25) is 4.68 Å². The van der Waals surface area contributed by atoms with Crippen LogP contribution in [0.5, 0.6) is 5.75 Å². The molecule has 0 amide bonds. The van der Waals surface area contributed by atoms with Crippen LogP contribution in [0.4, 0.5) is 0 Å². The second-order valence-corrected chi connectivity index (χ2v) is 4.43. The van der Waals surface area contributed by atoms with Crippen molar-refractivity contribution in [2.24, 2.45) is 0 Å². The van der Waals surface area contributed by atoms with Crippen LogP contribution in [-0.2, 0) is 6.54 Å². The van der Waals surface area contributed by atoms with E-state index >= 15 is 0 Å².